The molecule has 7 nitrogen and oxygen atoms in total. The highest BCUT2D eigenvalue weighted by Crippen LogP contribution is 2.50. The zero-order valence-corrected chi connectivity index (χ0v) is 15.4. The number of carbonyl (C=O) groups is 3. The van der Waals surface area contributed by atoms with Crippen LogP contribution in [0.4, 0.5) is 0 Å². The molecule has 0 aliphatic carbocycles. The lowest BCUT2D eigenvalue weighted by Gasteiger charge is -2.43. The Morgan fingerprint density at radius 2 is 1.96 bits per heavy atom. The van der Waals surface area contributed by atoms with Crippen LogP contribution in [-0.4, -0.2) is 57.1 Å². The van der Waals surface area contributed by atoms with E-state index in [0.29, 0.717) is 0 Å². The quantitative estimate of drug-likeness (QED) is 0.595. The van der Waals surface area contributed by atoms with Gasteiger partial charge in [-0.1, -0.05) is 12.1 Å². The Hall–Kier alpha value is -2.48. The number of carbonyl (C=O) groups excluding carboxylic acids is 2. The summed E-state index contributed by atoms with van der Waals surface area (Å²) in [4.78, 5) is 37.3. The van der Waals surface area contributed by atoms with Gasteiger partial charge in [0.05, 0.1) is 7.11 Å². The van der Waals surface area contributed by atoms with Crippen LogP contribution >= 0.6 is 11.8 Å². The van der Waals surface area contributed by atoms with E-state index in [4.69, 9.17) is 4.74 Å². The largest absolute Gasteiger partial charge is 0.497 e. The van der Waals surface area contributed by atoms with Crippen LogP contribution in [0.15, 0.2) is 30.3 Å². The van der Waals surface area contributed by atoms with E-state index in [9.17, 15) is 19.5 Å². The molecule has 3 rings (SSSR count). The summed E-state index contributed by atoms with van der Waals surface area (Å²) in [6.07, 6.45) is 3.00. The number of hydrogen-bond acceptors (Lipinski definition) is 5. The summed E-state index contributed by atoms with van der Waals surface area (Å²) in [5.74, 6) is -1.05. The van der Waals surface area contributed by atoms with Gasteiger partial charge in [-0.25, -0.2) is 4.79 Å². The fourth-order valence-corrected chi connectivity index (χ4v) is 4.86. The average molecular weight is 376 g/mol. The van der Waals surface area contributed by atoms with Crippen LogP contribution in [0.5, 0.6) is 5.75 Å². The molecular weight excluding hydrogens is 356 g/mol. The number of fused-ring (bicyclic) bond motifs is 1. The van der Waals surface area contributed by atoms with Gasteiger partial charge in [0, 0.05) is 10.8 Å². The number of amides is 2. The maximum absolute atomic E-state index is 12.3. The van der Waals surface area contributed by atoms with Crippen LogP contribution in [-0.2, 0) is 14.4 Å². The van der Waals surface area contributed by atoms with E-state index in [2.05, 4.69) is 5.32 Å². The average Bonchev–Trinajstić information content (AvgIpc) is 2.86. The molecular formula is C18H20N2O5S. The van der Waals surface area contributed by atoms with E-state index in [-0.39, 0.29) is 11.3 Å². The van der Waals surface area contributed by atoms with E-state index >= 15 is 0 Å². The highest BCUT2D eigenvalue weighted by molar-refractivity contribution is 8.01. The number of benzene rings is 1. The molecule has 0 radical (unpaired) electrons. The van der Waals surface area contributed by atoms with Crippen LogP contribution < -0.4 is 10.1 Å². The Bertz CT molecular complexity index is 774. The van der Waals surface area contributed by atoms with Crippen molar-refractivity contribution in [2.24, 2.45) is 0 Å². The normalized spacial score (nSPS) is 26.3. The first-order valence-corrected chi connectivity index (χ1v) is 8.98. The maximum Gasteiger partial charge on any atom is 0.327 e. The van der Waals surface area contributed by atoms with Gasteiger partial charge in [-0.3, -0.25) is 9.59 Å². The molecule has 1 aromatic rings. The van der Waals surface area contributed by atoms with Gasteiger partial charge in [0.2, 0.25) is 11.8 Å². The Morgan fingerprint density at radius 3 is 2.54 bits per heavy atom. The summed E-state index contributed by atoms with van der Waals surface area (Å²) in [6, 6.07) is 5.62. The van der Waals surface area contributed by atoms with Crippen molar-refractivity contribution in [1.29, 1.82) is 0 Å². The molecule has 1 aromatic carbocycles. The zero-order valence-electron chi connectivity index (χ0n) is 14.6. The summed E-state index contributed by atoms with van der Waals surface area (Å²) in [5, 5.41) is 11.7. The maximum atomic E-state index is 12.3. The van der Waals surface area contributed by atoms with Crippen molar-refractivity contribution < 1.29 is 24.2 Å². The van der Waals surface area contributed by atoms with E-state index in [1.54, 1.807) is 39.2 Å². The number of carboxylic acid groups (broad SMARTS) is 1. The molecule has 2 N–H and O–H groups in total. The number of β-lactam (4-membered cyclic amide) rings is 1. The molecule has 2 saturated heterocycles. The number of thioether (sulfide) groups is 1. The molecule has 2 amide bonds. The summed E-state index contributed by atoms with van der Waals surface area (Å²) >= 11 is 1.40. The second-order valence-electron chi connectivity index (χ2n) is 6.69. The Labute approximate surface area is 155 Å². The fraction of sp³-hybridized carbons (Fsp3) is 0.389. The Morgan fingerprint density at radius 1 is 1.31 bits per heavy atom. The lowest BCUT2D eigenvalue weighted by Crippen LogP contribution is -2.70. The monoisotopic (exact) mass is 376 g/mol. The van der Waals surface area contributed by atoms with Gasteiger partial charge < -0.3 is 20.1 Å². The minimum absolute atomic E-state index is 0.350. The van der Waals surface area contributed by atoms with Crippen molar-refractivity contribution in [3.63, 3.8) is 0 Å². The first-order valence-electron chi connectivity index (χ1n) is 8.10. The number of rotatable bonds is 5. The van der Waals surface area contributed by atoms with Crippen molar-refractivity contribution in [3.05, 3.63) is 35.9 Å². The summed E-state index contributed by atoms with van der Waals surface area (Å²) in [7, 11) is 1.58. The third-order valence-corrected chi connectivity index (χ3v) is 6.09. The summed E-state index contributed by atoms with van der Waals surface area (Å²) < 4.78 is 4.47. The van der Waals surface area contributed by atoms with Gasteiger partial charge >= 0.3 is 5.97 Å². The number of hydrogen-bond donors (Lipinski definition) is 2. The van der Waals surface area contributed by atoms with Crippen LogP contribution in [0, 0.1) is 0 Å². The molecule has 138 valence electrons. The number of ether oxygens (including phenoxy) is 1. The molecule has 0 spiro atoms. The molecule has 0 bridgehead atoms. The minimum Gasteiger partial charge on any atom is -0.497 e. The number of methoxy groups -OCH3 is 1. The van der Waals surface area contributed by atoms with Gasteiger partial charge in [0.25, 0.3) is 0 Å². The molecule has 3 atom stereocenters. The molecule has 2 heterocycles. The van der Waals surface area contributed by atoms with Crippen LogP contribution in [0.2, 0.25) is 0 Å². The molecule has 2 aliphatic heterocycles. The molecule has 0 saturated carbocycles. The number of aliphatic carboxylic acids is 1. The Balaban J connectivity index is 1.63. The van der Waals surface area contributed by atoms with E-state index in [0.717, 1.165) is 11.3 Å². The second-order valence-corrected chi connectivity index (χ2v) is 8.46. The first kappa shape index (κ1) is 18.3. The molecule has 0 unspecified atom stereocenters. The lowest BCUT2D eigenvalue weighted by molar-refractivity contribution is -0.160. The van der Waals surface area contributed by atoms with Crippen molar-refractivity contribution in [2.45, 2.75) is 36.1 Å². The van der Waals surface area contributed by atoms with Crippen LogP contribution in [0.25, 0.3) is 6.08 Å². The summed E-state index contributed by atoms with van der Waals surface area (Å²) in [6.45, 7) is 3.59. The van der Waals surface area contributed by atoms with Crippen molar-refractivity contribution in [2.75, 3.05) is 7.11 Å². The predicted molar refractivity (Wildman–Crippen MR) is 97.7 cm³/mol. The zero-order chi connectivity index (χ0) is 19.1. The molecule has 2 aliphatic rings. The minimum atomic E-state index is -1.03. The second kappa shape index (κ2) is 6.68. The van der Waals surface area contributed by atoms with Gasteiger partial charge in [0.15, 0.2) is 0 Å². The molecule has 8 heteroatoms. The smallest absolute Gasteiger partial charge is 0.327 e. The highest BCUT2D eigenvalue weighted by atomic mass is 32.2. The molecule has 2 fully saturated rings. The first-order chi connectivity index (χ1) is 12.2. The topological polar surface area (TPSA) is 95.9 Å². The van der Waals surface area contributed by atoms with Crippen molar-refractivity contribution >= 4 is 35.6 Å². The SMILES string of the molecule is COc1ccc(/C=C\C(=O)N[C@@H]2C(=O)N3[C@H]2SC(C)(C)[C@H]3C(=O)O)cc1. The molecule has 26 heavy (non-hydrogen) atoms. The number of carboxylic acids is 1. The van der Waals surface area contributed by atoms with Crippen molar-refractivity contribution in [1.82, 2.24) is 10.2 Å². The highest BCUT2D eigenvalue weighted by Gasteiger charge is 2.64. The fourth-order valence-electron chi connectivity index (χ4n) is 3.23. The van der Waals surface area contributed by atoms with Gasteiger partial charge in [-0.2, -0.15) is 0 Å². The van der Waals surface area contributed by atoms with Gasteiger partial charge in [0.1, 0.15) is 23.2 Å². The number of nitrogens with zero attached hydrogens (tertiary/aromatic N) is 1. The van der Waals surface area contributed by atoms with E-state index in [1.165, 1.54) is 22.7 Å². The predicted octanol–water partition coefficient (Wildman–Crippen LogP) is 1.34. The summed E-state index contributed by atoms with van der Waals surface area (Å²) in [5.41, 5.74) is 0.824. The lowest BCUT2D eigenvalue weighted by atomic mass is 9.96. The van der Waals surface area contributed by atoms with Crippen molar-refractivity contribution in [3.8, 4) is 5.75 Å². The van der Waals surface area contributed by atoms with Gasteiger partial charge in [-0.05, 0) is 37.6 Å². The third-order valence-electron chi connectivity index (χ3n) is 4.52. The third kappa shape index (κ3) is 3.16. The van der Waals surface area contributed by atoms with E-state index in [1.807, 2.05) is 12.1 Å². The van der Waals surface area contributed by atoms with Gasteiger partial charge in [-0.15, -0.1) is 11.8 Å². The van der Waals surface area contributed by atoms with Crippen LogP contribution in [0.3, 0.4) is 0 Å². The standard InChI is InChI=1S/C18H20N2O5S/c1-18(2)14(17(23)24)20-15(22)13(16(20)26-18)19-12(21)9-6-10-4-7-11(25-3)8-5-10/h4-9,13-14,16H,1-3H3,(H,19,21)(H,23,24)/b9-6-/t13-,14-,16+/m1/s1. The molecule has 0 aromatic heterocycles. The van der Waals surface area contributed by atoms with E-state index < -0.39 is 28.7 Å². The number of nitrogens with one attached hydrogen (secondary N) is 1. The van der Waals surface area contributed by atoms with Crippen LogP contribution in [0.1, 0.15) is 19.4 Å². The Kier molecular flexibility index (Phi) is 4.70.